The fourth-order valence-corrected chi connectivity index (χ4v) is 3.07. The van der Waals surface area contributed by atoms with E-state index in [9.17, 15) is 9.59 Å². The maximum atomic E-state index is 12.8. The Hall–Kier alpha value is -2.89. The van der Waals surface area contributed by atoms with Gasteiger partial charge in [0.25, 0.3) is 5.91 Å². The maximum absolute atomic E-state index is 12.8. The lowest BCUT2D eigenvalue weighted by Gasteiger charge is -2.24. The van der Waals surface area contributed by atoms with E-state index in [-0.39, 0.29) is 11.9 Å². The van der Waals surface area contributed by atoms with Crippen LogP contribution in [0, 0.1) is 0 Å². The zero-order chi connectivity index (χ0) is 17.8. The molecule has 1 saturated heterocycles. The predicted molar refractivity (Wildman–Crippen MR) is 90.7 cm³/mol. The predicted octanol–water partition coefficient (Wildman–Crippen LogP) is 2.50. The Labute approximate surface area is 146 Å². The fourth-order valence-electron chi connectivity index (χ4n) is 3.07. The molecule has 1 aromatic carbocycles. The smallest absolute Gasteiger partial charge is 0.303 e. The number of benzene rings is 1. The molecule has 2 unspecified atom stereocenters. The highest BCUT2D eigenvalue weighted by Crippen LogP contribution is 2.35. The highest BCUT2D eigenvalue weighted by atomic mass is 16.5. The molecule has 2 atom stereocenters. The highest BCUT2D eigenvalue weighted by molar-refractivity contribution is 5.86. The van der Waals surface area contributed by atoms with Gasteiger partial charge in [-0.2, -0.15) is 0 Å². The molecule has 0 radical (unpaired) electrons. The lowest BCUT2D eigenvalue weighted by Crippen LogP contribution is -2.32. The van der Waals surface area contributed by atoms with Gasteiger partial charge in [0.15, 0.2) is 6.10 Å². The minimum atomic E-state index is -0.749. The van der Waals surface area contributed by atoms with Crippen LogP contribution in [-0.2, 0) is 20.9 Å². The van der Waals surface area contributed by atoms with Crippen molar-refractivity contribution in [2.24, 2.45) is 0 Å². The van der Waals surface area contributed by atoms with Gasteiger partial charge in [-0.15, -0.1) is 0 Å². The number of rotatable bonds is 5. The molecule has 0 N–H and O–H groups in total. The zero-order valence-electron chi connectivity index (χ0n) is 14.2. The average Bonchev–Trinajstić information content (AvgIpc) is 2.92. The molecule has 0 spiro atoms. The quantitative estimate of drug-likeness (QED) is 0.782. The number of aromatic nitrogens is 1. The van der Waals surface area contributed by atoms with E-state index < -0.39 is 12.1 Å². The van der Waals surface area contributed by atoms with Crippen molar-refractivity contribution in [3.8, 4) is 5.75 Å². The van der Waals surface area contributed by atoms with Gasteiger partial charge >= 0.3 is 5.97 Å². The molecule has 1 aromatic heterocycles. The number of esters is 1. The van der Waals surface area contributed by atoms with Crippen LogP contribution < -0.4 is 4.74 Å². The molecule has 1 amide bonds. The normalized spacial score (nSPS) is 19.8. The molecular formula is C19H20N2O4. The van der Waals surface area contributed by atoms with E-state index in [4.69, 9.17) is 9.47 Å². The number of ether oxygens (including phenoxy) is 2. The maximum Gasteiger partial charge on any atom is 0.303 e. The number of methoxy groups -OCH3 is 1. The van der Waals surface area contributed by atoms with Crippen molar-refractivity contribution >= 4 is 11.9 Å². The van der Waals surface area contributed by atoms with Crippen LogP contribution in [0.1, 0.15) is 30.5 Å². The lowest BCUT2D eigenvalue weighted by molar-refractivity contribution is -0.154. The number of amides is 1. The third-order valence-electron chi connectivity index (χ3n) is 4.26. The minimum Gasteiger partial charge on any atom is -0.497 e. The van der Waals surface area contributed by atoms with Gasteiger partial charge in [0.1, 0.15) is 5.75 Å². The van der Waals surface area contributed by atoms with Gasteiger partial charge in [0, 0.05) is 32.3 Å². The van der Waals surface area contributed by atoms with Gasteiger partial charge in [-0.25, -0.2) is 0 Å². The Morgan fingerprint density at radius 2 is 2.04 bits per heavy atom. The standard InChI is InChI=1S/C19H20N2O4/c1-13(22)25-18-10-17(15-4-3-9-20-11-15)21(19(18)23)12-14-5-7-16(24-2)8-6-14/h3-9,11,17-18H,10,12H2,1-2H3. The Morgan fingerprint density at radius 3 is 2.64 bits per heavy atom. The molecule has 1 aliphatic heterocycles. The summed E-state index contributed by atoms with van der Waals surface area (Å²) in [6, 6.07) is 11.2. The zero-order valence-corrected chi connectivity index (χ0v) is 14.2. The number of carbonyl (C=O) groups is 2. The SMILES string of the molecule is COc1ccc(CN2C(=O)C(OC(C)=O)CC2c2cccnc2)cc1. The van der Waals surface area contributed by atoms with Crippen molar-refractivity contribution in [1.82, 2.24) is 9.88 Å². The van der Waals surface area contributed by atoms with Crippen molar-refractivity contribution in [1.29, 1.82) is 0 Å². The van der Waals surface area contributed by atoms with Gasteiger partial charge in [0.2, 0.25) is 0 Å². The fraction of sp³-hybridized carbons (Fsp3) is 0.316. The van der Waals surface area contributed by atoms with Crippen LogP contribution in [0.5, 0.6) is 5.75 Å². The van der Waals surface area contributed by atoms with E-state index in [0.717, 1.165) is 16.9 Å². The first-order valence-electron chi connectivity index (χ1n) is 8.09. The topological polar surface area (TPSA) is 68.7 Å². The third-order valence-corrected chi connectivity index (χ3v) is 4.26. The van der Waals surface area contributed by atoms with E-state index in [2.05, 4.69) is 4.98 Å². The van der Waals surface area contributed by atoms with E-state index in [1.807, 2.05) is 36.4 Å². The summed E-state index contributed by atoms with van der Waals surface area (Å²) in [6.45, 7) is 1.75. The Balaban J connectivity index is 1.85. The third kappa shape index (κ3) is 3.79. The van der Waals surface area contributed by atoms with Crippen LogP contribution >= 0.6 is 0 Å². The first-order chi connectivity index (χ1) is 12.1. The van der Waals surface area contributed by atoms with E-state index in [1.54, 1.807) is 24.4 Å². The number of nitrogens with zero attached hydrogens (tertiary/aromatic N) is 2. The van der Waals surface area contributed by atoms with Gasteiger partial charge < -0.3 is 14.4 Å². The molecule has 1 fully saturated rings. The second-order valence-corrected chi connectivity index (χ2v) is 5.95. The van der Waals surface area contributed by atoms with Gasteiger partial charge in [-0.05, 0) is 29.3 Å². The largest absolute Gasteiger partial charge is 0.497 e. The molecule has 0 aliphatic carbocycles. The van der Waals surface area contributed by atoms with Crippen molar-refractivity contribution in [3.63, 3.8) is 0 Å². The minimum absolute atomic E-state index is 0.173. The summed E-state index contributed by atoms with van der Waals surface area (Å²) in [5.74, 6) is 0.132. The number of hydrogen-bond donors (Lipinski definition) is 0. The number of pyridine rings is 1. The Kier molecular flexibility index (Phi) is 4.97. The summed E-state index contributed by atoms with van der Waals surface area (Å²) in [4.78, 5) is 29.9. The molecule has 1 aliphatic rings. The molecule has 0 bridgehead atoms. The van der Waals surface area contributed by atoms with Crippen LogP contribution in [-0.4, -0.2) is 35.0 Å². The van der Waals surface area contributed by atoms with E-state index >= 15 is 0 Å². The molecule has 0 saturated carbocycles. The van der Waals surface area contributed by atoms with Gasteiger partial charge in [-0.1, -0.05) is 18.2 Å². The summed E-state index contributed by atoms with van der Waals surface area (Å²) >= 11 is 0. The summed E-state index contributed by atoms with van der Waals surface area (Å²) in [5, 5.41) is 0. The second kappa shape index (κ2) is 7.34. The highest BCUT2D eigenvalue weighted by Gasteiger charge is 2.42. The van der Waals surface area contributed by atoms with Crippen LogP contribution in [0.4, 0.5) is 0 Å². The van der Waals surface area contributed by atoms with Crippen LogP contribution in [0.2, 0.25) is 0 Å². The van der Waals surface area contributed by atoms with E-state index in [0.29, 0.717) is 13.0 Å². The molecule has 6 heteroatoms. The summed E-state index contributed by atoms with van der Waals surface area (Å²) in [6.07, 6.45) is 3.12. The molecule has 2 aromatic rings. The monoisotopic (exact) mass is 340 g/mol. The average molecular weight is 340 g/mol. The molecule has 25 heavy (non-hydrogen) atoms. The van der Waals surface area contributed by atoms with Crippen LogP contribution in [0.15, 0.2) is 48.8 Å². The first-order valence-corrected chi connectivity index (χ1v) is 8.09. The molecule has 2 heterocycles. The second-order valence-electron chi connectivity index (χ2n) is 5.95. The molecule has 6 nitrogen and oxygen atoms in total. The summed E-state index contributed by atoms with van der Waals surface area (Å²) < 4.78 is 10.4. The number of likely N-dealkylation sites (tertiary alicyclic amines) is 1. The lowest BCUT2D eigenvalue weighted by atomic mass is 10.1. The number of carbonyl (C=O) groups excluding carboxylic acids is 2. The van der Waals surface area contributed by atoms with Crippen molar-refractivity contribution in [3.05, 3.63) is 59.9 Å². The van der Waals surface area contributed by atoms with Crippen LogP contribution in [0.25, 0.3) is 0 Å². The molecule has 3 rings (SSSR count). The summed E-state index contributed by atoms with van der Waals surface area (Å²) in [7, 11) is 1.61. The Bertz CT molecular complexity index is 746. The van der Waals surface area contributed by atoms with Crippen molar-refractivity contribution in [2.75, 3.05) is 7.11 Å². The number of hydrogen-bond acceptors (Lipinski definition) is 5. The van der Waals surface area contributed by atoms with Gasteiger partial charge in [-0.3, -0.25) is 14.6 Å². The van der Waals surface area contributed by atoms with E-state index in [1.165, 1.54) is 6.92 Å². The Morgan fingerprint density at radius 1 is 1.28 bits per heavy atom. The van der Waals surface area contributed by atoms with Crippen molar-refractivity contribution < 1.29 is 19.1 Å². The van der Waals surface area contributed by atoms with Gasteiger partial charge in [0.05, 0.1) is 13.2 Å². The van der Waals surface area contributed by atoms with Crippen LogP contribution in [0.3, 0.4) is 0 Å². The molecule has 130 valence electrons. The summed E-state index contributed by atoms with van der Waals surface area (Å²) in [5.41, 5.74) is 1.91. The molecular weight excluding hydrogens is 320 g/mol. The first kappa shape index (κ1) is 17.0. The van der Waals surface area contributed by atoms with Crippen molar-refractivity contribution in [2.45, 2.75) is 32.0 Å².